The lowest BCUT2D eigenvalue weighted by molar-refractivity contribution is -0.145. The largest absolute Gasteiger partial charge is 0.461 e. The van der Waals surface area contributed by atoms with Crippen molar-refractivity contribution < 1.29 is 9.53 Å². The molecule has 0 spiro atoms. The fourth-order valence-corrected chi connectivity index (χ4v) is 1.06. The van der Waals surface area contributed by atoms with Crippen LogP contribution >= 0.6 is 12.4 Å². The third-order valence-electron chi connectivity index (χ3n) is 1.83. The van der Waals surface area contributed by atoms with E-state index in [0.717, 1.165) is 5.56 Å². The molecule has 0 aliphatic rings. The molecule has 0 heterocycles. The molecule has 2 N–H and O–H groups in total. The number of ether oxygens (including phenoxy) is 1. The molecule has 0 radical (unpaired) electrons. The first-order valence-corrected chi connectivity index (χ1v) is 4.72. The van der Waals surface area contributed by atoms with E-state index >= 15 is 0 Å². The summed E-state index contributed by atoms with van der Waals surface area (Å²) in [4.78, 5) is 11.1. The fraction of sp³-hybridized carbons (Fsp3) is 0.364. The van der Waals surface area contributed by atoms with Gasteiger partial charge in [-0.05, 0) is 18.5 Å². The van der Waals surface area contributed by atoms with Gasteiger partial charge in [0.05, 0.1) is 0 Å². The highest BCUT2D eigenvalue weighted by Gasteiger charge is 2.01. The van der Waals surface area contributed by atoms with E-state index < -0.39 is 0 Å². The van der Waals surface area contributed by atoms with Crippen LogP contribution in [0.3, 0.4) is 0 Å². The Morgan fingerprint density at radius 1 is 1.27 bits per heavy atom. The number of nitrogens with two attached hydrogens (primary N) is 1. The maximum Gasteiger partial charge on any atom is 0.306 e. The number of carbonyl (C=O) groups is 1. The average Bonchev–Trinajstić information content (AvgIpc) is 2.25. The SMILES string of the molecule is Cl.NCCCC(=O)OCc1ccccc1. The zero-order valence-corrected chi connectivity index (χ0v) is 9.33. The highest BCUT2D eigenvalue weighted by molar-refractivity contribution is 5.85. The lowest BCUT2D eigenvalue weighted by atomic mass is 10.2. The summed E-state index contributed by atoms with van der Waals surface area (Å²) in [5.41, 5.74) is 6.28. The van der Waals surface area contributed by atoms with Crippen LogP contribution in [-0.4, -0.2) is 12.5 Å². The quantitative estimate of drug-likeness (QED) is 0.785. The average molecular weight is 230 g/mol. The summed E-state index contributed by atoms with van der Waals surface area (Å²) in [6.45, 7) is 0.880. The topological polar surface area (TPSA) is 52.3 Å². The van der Waals surface area contributed by atoms with E-state index in [1.165, 1.54) is 0 Å². The Hall–Kier alpha value is -1.06. The van der Waals surface area contributed by atoms with Crippen molar-refractivity contribution in [2.75, 3.05) is 6.54 Å². The smallest absolute Gasteiger partial charge is 0.306 e. The molecule has 4 heteroatoms. The van der Waals surface area contributed by atoms with E-state index in [0.29, 0.717) is 26.0 Å². The molecule has 0 saturated heterocycles. The van der Waals surface area contributed by atoms with Gasteiger partial charge in [0, 0.05) is 6.42 Å². The molecular formula is C11H16ClNO2. The summed E-state index contributed by atoms with van der Waals surface area (Å²) >= 11 is 0. The van der Waals surface area contributed by atoms with Crippen LogP contribution in [0.1, 0.15) is 18.4 Å². The fourth-order valence-electron chi connectivity index (χ4n) is 1.06. The summed E-state index contributed by atoms with van der Waals surface area (Å²) in [5.74, 6) is -0.181. The van der Waals surface area contributed by atoms with Crippen molar-refractivity contribution in [3.63, 3.8) is 0 Å². The van der Waals surface area contributed by atoms with E-state index in [-0.39, 0.29) is 18.4 Å². The van der Waals surface area contributed by atoms with Crippen molar-refractivity contribution in [2.45, 2.75) is 19.4 Å². The Kier molecular flexibility index (Phi) is 7.68. The van der Waals surface area contributed by atoms with Crippen LogP contribution in [0.25, 0.3) is 0 Å². The van der Waals surface area contributed by atoms with Crippen LogP contribution in [0, 0.1) is 0 Å². The molecule has 1 aromatic carbocycles. The van der Waals surface area contributed by atoms with E-state index in [1.54, 1.807) is 0 Å². The highest BCUT2D eigenvalue weighted by Crippen LogP contribution is 2.02. The van der Waals surface area contributed by atoms with Crippen LogP contribution < -0.4 is 5.73 Å². The number of hydrogen-bond donors (Lipinski definition) is 1. The summed E-state index contributed by atoms with van der Waals surface area (Å²) in [6.07, 6.45) is 1.09. The van der Waals surface area contributed by atoms with Gasteiger partial charge in [-0.25, -0.2) is 0 Å². The summed E-state index contributed by atoms with van der Waals surface area (Å²) in [5, 5.41) is 0. The monoisotopic (exact) mass is 229 g/mol. The molecule has 0 bridgehead atoms. The lowest BCUT2D eigenvalue weighted by Gasteiger charge is -2.03. The number of carbonyl (C=O) groups excluding carboxylic acids is 1. The number of hydrogen-bond acceptors (Lipinski definition) is 3. The van der Waals surface area contributed by atoms with Crippen molar-refractivity contribution in [3.8, 4) is 0 Å². The molecule has 0 saturated carbocycles. The number of halogens is 1. The van der Waals surface area contributed by atoms with E-state index in [1.807, 2.05) is 30.3 Å². The van der Waals surface area contributed by atoms with Crippen molar-refractivity contribution in [3.05, 3.63) is 35.9 Å². The second-order valence-corrected chi connectivity index (χ2v) is 3.04. The minimum atomic E-state index is -0.181. The van der Waals surface area contributed by atoms with Crippen LogP contribution in [0.15, 0.2) is 30.3 Å². The third-order valence-corrected chi connectivity index (χ3v) is 1.83. The van der Waals surface area contributed by atoms with Crippen molar-refractivity contribution in [2.24, 2.45) is 5.73 Å². The molecular weight excluding hydrogens is 214 g/mol. The summed E-state index contributed by atoms with van der Waals surface area (Å²) in [7, 11) is 0. The minimum Gasteiger partial charge on any atom is -0.461 e. The molecule has 0 amide bonds. The van der Waals surface area contributed by atoms with Crippen molar-refractivity contribution >= 4 is 18.4 Å². The molecule has 84 valence electrons. The lowest BCUT2D eigenvalue weighted by Crippen LogP contribution is -2.07. The van der Waals surface area contributed by atoms with Crippen molar-refractivity contribution in [1.29, 1.82) is 0 Å². The normalized spacial score (nSPS) is 9.13. The third kappa shape index (κ3) is 6.10. The number of benzene rings is 1. The van der Waals surface area contributed by atoms with Gasteiger partial charge in [0.1, 0.15) is 6.61 Å². The van der Waals surface area contributed by atoms with Gasteiger partial charge in [-0.1, -0.05) is 30.3 Å². The van der Waals surface area contributed by atoms with Crippen LogP contribution in [0.4, 0.5) is 0 Å². The molecule has 0 aromatic heterocycles. The van der Waals surface area contributed by atoms with Crippen LogP contribution in [0.2, 0.25) is 0 Å². The standard InChI is InChI=1S/C11H15NO2.ClH/c12-8-4-7-11(13)14-9-10-5-2-1-3-6-10;/h1-3,5-6H,4,7-9,12H2;1H. The Labute approximate surface area is 96.0 Å². The zero-order valence-electron chi connectivity index (χ0n) is 8.52. The van der Waals surface area contributed by atoms with E-state index in [9.17, 15) is 4.79 Å². The molecule has 1 rings (SSSR count). The summed E-state index contributed by atoms with van der Waals surface area (Å²) in [6, 6.07) is 9.62. The Morgan fingerprint density at radius 3 is 2.53 bits per heavy atom. The number of esters is 1. The Balaban J connectivity index is 0.00000196. The molecule has 15 heavy (non-hydrogen) atoms. The highest BCUT2D eigenvalue weighted by atomic mass is 35.5. The maximum absolute atomic E-state index is 11.1. The zero-order chi connectivity index (χ0) is 10.2. The van der Waals surface area contributed by atoms with Gasteiger partial charge in [-0.2, -0.15) is 0 Å². The van der Waals surface area contributed by atoms with Gasteiger partial charge < -0.3 is 10.5 Å². The van der Waals surface area contributed by atoms with Crippen molar-refractivity contribution in [1.82, 2.24) is 0 Å². The van der Waals surface area contributed by atoms with Gasteiger partial charge in [0.2, 0.25) is 0 Å². The van der Waals surface area contributed by atoms with Crippen LogP contribution in [0.5, 0.6) is 0 Å². The van der Waals surface area contributed by atoms with Gasteiger partial charge in [0.15, 0.2) is 0 Å². The second-order valence-electron chi connectivity index (χ2n) is 3.04. The number of rotatable bonds is 5. The summed E-state index contributed by atoms with van der Waals surface area (Å²) < 4.78 is 5.04. The molecule has 3 nitrogen and oxygen atoms in total. The Morgan fingerprint density at radius 2 is 1.93 bits per heavy atom. The predicted molar refractivity (Wildman–Crippen MR) is 61.8 cm³/mol. The van der Waals surface area contributed by atoms with Gasteiger partial charge in [0.25, 0.3) is 0 Å². The molecule has 0 unspecified atom stereocenters. The van der Waals surface area contributed by atoms with Gasteiger partial charge in [-0.3, -0.25) is 4.79 Å². The molecule has 0 fully saturated rings. The maximum atomic E-state index is 11.1. The molecule has 0 aliphatic carbocycles. The first-order valence-electron chi connectivity index (χ1n) is 4.72. The van der Waals surface area contributed by atoms with E-state index in [4.69, 9.17) is 10.5 Å². The van der Waals surface area contributed by atoms with Gasteiger partial charge in [-0.15, -0.1) is 12.4 Å². The first kappa shape index (κ1) is 13.9. The molecule has 0 atom stereocenters. The predicted octanol–water partition coefficient (Wildman–Crippen LogP) is 1.89. The minimum absolute atomic E-state index is 0. The first-order chi connectivity index (χ1) is 6.83. The molecule has 0 aliphatic heterocycles. The van der Waals surface area contributed by atoms with E-state index in [2.05, 4.69) is 0 Å². The second kappa shape index (κ2) is 8.26. The van der Waals surface area contributed by atoms with Crippen LogP contribution in [-0.2, 0) is 16.1 Å². The molecule has 1 aromatic rings. The Bertz CT molecular complexity index is 277. The van der Waals surface area contributed by atoms with Gasteiger partial charge >= 0.3 is 5.97 Å².